The lowest BCUT2D eigenvalue weighted by Gasteiger charge is -2.35. The normalized spacial score (nSPS) is 20.9. The summed E-state index contributed by atoms with van der Waals surface area (Å²) in [6, 6.07) is 14.3. The van der Waals surface area contributed by atoms with Crippen LogP contribution in [0, 0.1) is 5.41 Å². The minimum atomic E-state index is -3.69. The Morgan fingerprint density at radius 1 is 1.11 bits per heavy atom. The molecule has 37 heavy (non-hydrogen) atoms. The van der Waals surface area contributed by atoms with Crippen LogP contribution in [0.4, 0.5) is 5.69 Å². The molecule has 2 unspecified atom stereocenters. The number of Topliss-reactive ketones (excluding diaryl/α,β-unsaturated/α-hetero) is 1. The number of ether oxygens (including phenoxy) is 1. The number of nitrogens with zero attached hydrogens (tertiary/aromatic N) is 1. The van der Waals surface area contributed by atoms with Crippen LogP contribution in [-0.2, 0) is 14.6 Å². The summed E-state index contributed by atoms with van der Waals surface area (Å²) >= 11 is 10.3. The predicted octanol–water partition coefficient (Wildman–Crippen LogP) is 7.23. The third kappa shape index (κ3) is 5.07. The minimum absolute atomic E-state index is 0.0808. The number of halogens is 2. The molecule has 0 saturated heterocycles. The third-order valence-corrected chi connectivity index (χ3v) is 9.24. The molecule has 5 rings (SSSR count). The van der Waals surface area contributed by atoms with Crippen molar-refractivity contribution < 1.29 is 17.9 Å². The van der Waals surface area contributed by atoms with Gasteiger partial charge in [0.15, 0.2) is 15.6 Å². The van der Waals surface area contributed by atoms with Crippen LogP contribution in [0.3, 0.4) is 0 Å². The Labute approximate surface area is 230 Å². The maximum absolute atomic E-state index is 13.7. The van der Waals surface area contributed by atoms with E-state index in [0.29, 0.717) is 51.8 Å². The van der Waals surface area contributed by atoms with Crippen molar-refractivity contribution in [3.63, 3.8) is 0 Å². The second-order valence-corrected chi connectivity index (χ2v) is 13.8. The number of rotatable bonds is 4. The van der Waals surface area contributed by atoms with Crippen molar-refractivity contribution in [2.45, 2.75) is 37.9 Å². The minimum Gasteiger partial charge on any atom is -0.456 e. The van der Waals surface area contributed by atoms with E-state index in [-0.39, 0.29) is 11.2 Å². The molecule has 0 saturated carbocycles. The number of allylic oxidation sites excluding steroid dienone is 2. The van der Waals surface area contributed by atoms with Crippen LogP contribution in [0.15, 0.2) is 76.7 Å². The smallest absolute Gasteiger partial charge is 0.161 e. The van der Waals surface area contributed by atoms with Gasteiger partial charge >= 0.3 is 0 Å². The van der Waals surface area contributed by atoms with Crippen LogP contribution in [0.1, 0.15) is 49.0 Å². The van der Waals surface area contributed by atoms with Crippen molar-refractivity contribution in [1.82, 2.24) is 4.98 Å². The zero-order valence-electron chi connectivity index (χ0n) is 20.6. The highest BCUT2D eigenvalue weighted by Crippen LogP contribution is 2.53. The van der Waals surface area contributed by atoms with Gasteiger partial charge in [-0.05, 0) is 69.2 Å². The Hall–Kier alpha value is -2.68. The summed E-state index contributed by atoms with van der Waals surface area (Å²) in [5.74, 6) is 0.242. The molecule has 1 aliphatic heterocycles. The van der Waals surface area contributed by atoms with Crippen LogP contribution >= 0.6 is 27.5 Å². The van der Waals surface area contributed by atoms with E-state index < -0.39 is 21.0 Å². The van der Waals surface area contributed by atoms with Gasteiger partial charge in [-0.2, -0.15) is 0 Å². The van der Waals surface area contributed by atoms with E-state index >= 15 is 0 Å². The highest BCUT2D eigenvalue weighted by atomic mass is 79.9. The molecule has 2 atom stereocenters. The number of ketones is 1. The lowest BCUT2D eigenvalue weighted by atomic mass is 9.71. The molecule has 9 heteroatoms. The molecular formula is C28H26BrClN2O4S. The molecular weight excluding hydrogens is 576 g/mol. The molecule has 0 amide bonds. The first kappa shape index (κ1) is 25.9. The van der Waals surface area contributed by atoms with Crippen molar-refractivity contribution in [3.05, 3.63) is 92.8 Å². The quantitative estimate of drug-likeness (QED) is 0.340. The van der Waals surface area contributed by atoms with Crippen molar-refractivity contribution >= 4 is 48.8 Å². The molecule has 2 aromatic carbocycles. The fourth-order valence-electron chi connectivity index (χ4n) is 5.33. The van der Waals surface area contributed by atoms with Gasteiger partial charge in [0.2, 0.25) is 0 Å². The largest absolute Gasteiger partial charge is 0.456 e. The number of nitrogens with one attached hydrogen (secondary N) is 1. The molecule has 2 aliphatic rings. The van der Waals surface area contributed by atoms with Gasteiger partial charge in [0.1, 0.15) is 11.5 Å². The second kappa shape index (κ2) is 9.57. The zero-order valence-corrected chi connectivity index (χ0v) is 23.7. The average Bonchev–Trinajstić information content (AvgIpc) is 2.94. The number of fused-ring (bicyclic) bond motifs is 1. The molecule has 0 bridgehead atoms. The first-order valence-corrected chi connectivity index (χ1v) is 14.9. The molecule has 1 aromatic heterocycles. The summed E-state index contributed by atoms with van der Waals surface area (Å²) in [7, 11) is -3.69. The van der Waals surface area contributed by atoms with Gasteiger partial charge in [-0.25, -0.2) is 8.42 Å². The Morgan fingerprint density at radius 2 is 1.86 bits per heavy atom. The van der Waals surface area contributed by atoms with Gasteiger partial charge in [0, 0.05) is 41.1 Å². The molecule has 1 N–H and O–H groups in total. The SMILES string of the molecule is CC1(C)CC(=O)C2=C(C1)Nc1cnccc1C(S(C)(=O)=O)C2c1ccc(Oc2ccccc2Br)cc1Cl. The number of aromatic nitrogens is 1. The first-order chi connectivity index (χ1) is 17.4. The highest BCUT2D eigenvalue weighted by Gasteiger charge is 2.46. The van der Waals surface area contributed by atoms with Gasteiger partial charge in [-0.15, -0.1) is 0 Å². The number of carbonyl (C=O) groups excluding carboxylic acids is 1. The van der Waals surface area contributed by atoms with Gasteiger partial charge < -0.3 is 10.1 Å². The van der Waals surface area contributed by atoms with Crippen molar-refractivity contribution in [3.8, 4) is 11.5 Å². The van der Waals surface area contributed by atoms with Crippen LogP contribution < -0.4 is 10.1 Å². The van der Waals surface area contributed by atoms with E-state index in [4.69, 9.17) is 16.3 Å². The van der Waals surface area contributed by atoms with Crippen LogP contribution in [0.5, 0.6) is 11.5 Å². The van der Waals surface area contributed by atoms with E-state index in [2.05, 4.69) is 26.2 Å². The highest BCUT2D eigenvalue weighted by molar-refractivity contribution is 9.10. The van der Waals surface area contributed by atoms with Gasteiger partial charge in [-0.3, -0.25) is 9.78 Å². The predicted molar refractivity (Wildman–Crippen MR) is 149 cm³/mol. The maximum atomic E-state index is 13.7. The topological polar surface area (TPSA) is 85.4 Å². The summed E-state index contributed by atoms with van der Waals surface area (Å²) < 4.78 is 33.6. The number of hydrogen-bond acceptors (Lipinski definition) is 6. The molecule has 6 nitrogen and oxygen atoms in total. The average molecular weight is 602 g/mol. The number of hydrogen-bond donors (Lipinski definition) is 1. The summed E-state index contributed by atoms with van der Waals surface area (Å²) in [4.78, 5) is 17.9. The van der Waals surface area contributed by atoms with Crippen LogP contribution in [-0.4, -0.2) is 25.4 Å². The number of para-hydroxylation sites is 1. The number of benzene rings is 2. The third-order valence-electron chi connectivity index (χ3n) is 6.81. The number of sulfone groups is 1. The summed E-state index contributed by atoms with van der Waals surface area (Å²) in [6.45, 7) is 4.07. The maximum Gasteiger partial charge on any atom is 0.161 e. The Balaban J connectivity index is 1.70. The van der Waals surface area contributed by atoms with Crippen LogP contribution in [0.25, 0.3) is 0 Å². The van der Waals surface area contributed by atoms with Gasteiger partial charge in [0.05, 0.1) is 21.6 Å². The number of anilines is 1. The molecule has 0 fully saturated rings. The van der Waals surface area contributed by atoms with Crippen molar-refractivity contribution in [2.75, 3.05) is 11.6 Å². The van der Waals surface area contributed by atoms with E-state index in [0.717, 1.165) is 10.2 Å². The standard InChI is InChI=1S/C28H26BrClN2O4S/c1-28(2)13-21-26(23(33)14-28)25(27(37(3,34)35)18-10-11-31-15-22(18)32-21)17-9-8-16(12-20(17)30)36-24-7-5-4-6-19(24)29/h4-12,15,25,27,32H,13-14H2,1-3H3. The van der Waals surface area contributed by atoms with E-state index in [9.17, 15) is 13.2 Å². The summed E-state index contributed by atoms with van der Waals surface area (Å²) in [5, 5.41) is 2.68. The molecule has 0 radical (unpaired) electrons. The van der Waals surface area contributed by atoms with Crippen molar-refractivity contribution in [2.24, 2.45) is 5.41 Å². The zero-order chi connectivity index (χ0) is 26.5. The fraction of sp³-hybridized carbons (Fsp3) is 0.286. The van der Waals surface area contributed by atoms with Gasteiger partial charge in [-0.1, -0.05) is 43.6 Å². The first-order valence-electron chi connectivity index (χ1n) is 11.8. The fourth-order valence-corrected chi connectivity index (χ4v) is 7.43. The Bertz CT molecular complexity index is 1550. The second-order valence-electron chi connectivity index (χ2n) is 10.4. The number of carbonyl (C=O) groups is 1. The summed E-state index contributed by atoms with van der Waals surface area (Å²) in [5.41, 5.74) is 2.62. The Morgan fingerprint density at radius 3 is 2.57 bits per heavy atom. The van der Waals surface area contributed by atoms with Gasteiger partial charge in [0.25, 0.3) is 0 Å². The molecule has 192 valence electrons. The van der Waals surface area contributed by atoms with E-state index in [1.54, 1.807) is 36.7 Å². The lowest BCUT2D eigenvalue weighted by molar-refractivity contribution is -0.118. The summed E-state index contributed by atoms with van der Waals surface area (Å²) in [6.07, 6.45) is 5.30. The molecule has 0 spiro atoms. The monoisotopic (exact) mass is 600 g/mol. The van der Waals surface area contributed by atoms with E-state index in [1.165, 1.54) is 6.26 Å². The molecule has 3 aromatic rings. The van der Waals surface area contributed by atoms with E-state index in [1.807, 2.05) is 38.1 Å². The number of pyridine rings is 1. The molecule has 1 aliphatic carbocycles. The van der Waals surface area contributed by atoms with Crippen LogP contribution in [0.2, 0.25) is 5.02 Å². The molecule has 2 heterocycles. The Kier molecular flexibility index (Phi) is 6.71. The van der Waals surface area contributed by atoms with Crippen molar-refractivity contribution in [1.29, 1.82) is 0 Å². The lowest BCUT2D eigenvalue weighted by Crippen LogP contribution is -2.32.